The minimum atomic E-state index is 0.414. The van der Waals surface area contributed by atoms with Gasteiger partial charge in [-0.3, -0.25) is 4.90 Å². The fourth-order valence-corrected chi connectivity index (χ4v) is 3.27. The van der Waals surface area contributed by atoms with Gasteiger partial charge in [-0.15, -0.1) is 0 Å². The van der Waals surface area contributed by atoms with Crippen molar-refractivity contribution in [3.8, 4) is 5.75 Å². The molecule has 116 valence electrons. The maximum Gasteiger partial charge on any atom is 0.119 e. The molecule has 1 saturated heterocycles. The number of nitrogens with two attached hydrogens (primary N) is 1. The fraction of sp³-hybridized carbons (Fsp3) is 0.588. The molecular formula is C17H26N2OS. The lowest BCUT2D eigenvalue weighted by atomic mass is 10.1. The number of likely N-dealkylation sites (tertiary alicyclic amines) is 1. The van der Waals surface area contributed by atoms with Gasteiger partial charge in [0.2, 0.25) is 0 Å². The zero-order valence-corrected chi connectivity index (χ0v) is 13.9. The Morgan fingerprint density at radius 2 is 2.24 bits per heavy atom. The predicted molar refractivity (Wildman–Crippen MR) is 91.9 cm³/mol. The smallest absolute Gasteiger partial charge is 0.119 e. The molecule has 2 N–H and O–H groups in total. The average Bonchev–Trinajstić information content (AvgIpc) is 2.84. The molecule has 0 aliphatic carbocycles. The third-order valence-corrected chi connectivity index (χ3v) is 4.61. The Labute approximate surface area is 133 Å². The molecule has 0 radical (unpaired) electrons. The third kappa shape index (κ3) is 4.42. The van der Waals surface area contributed by atoms with Gasteiger partial charge in [0.05, 0.1) is 6.61 Å². The fourth-order valence-electron chi connectivity index (χ4n) is 3.14. The molecule has 0 aromatic heterocycles. The standard InChI is InChI=1S/C17H26N2OS/c1-3-15-9-8-13(2)19(15)10-5-11-20-16-7-4-6-14(12-16)17(18)21/h4,6-7,12-13,15H,3,5,8-11H2,1-2H3,(H2,18,21). The SMILES string of the molecule is CCC1CCC(C)N1CCCOc1cccc(C(N)=S)c1. The van der Waals surface area contributed by atoms with Gasteiger partial charge in [0.15, 0.2) is 0 Å². The highest BCUT2D eigenvalue weighted by Crippen LogP contribution is 2.25. The van der Waals surface area contributed by atoms with Crippen molar-refractivity contribution in [2.75, 3.05) is 13.2 Å². The molecule has 2 atom stereocenters. The van der Waals surface area contributed by atoms with E-state index in [0.29, 0.717) is 11.0 Å². The summed E-state index contributed by atoms with van der Waals surface area (Å²) in [5, 5.41) is 0. The van der Waals surface area contributed by atoms with Gasteiger partial charge < -0.3 is 10.5 Å². The number of hydrogen-bond donors (Lipinski definition) is 1. The van der Waals surface area contributed by atoms with Crippen LogP contribution in [0.1, 0.15) is 45.1 Å². The second kappa shape index (κ2) is 7.76. The zero-order valence-electron chi connectivity index (χ0n) is 13.0. The molecule has 0 spiro atoms. The van der Waals surface area contributed by atoms with Crippen LogP contribution < -0.4 is 10.5 Å². The van der Waals surface area contributed by atoms with E-state index in [1.165, 1.54) is 19.3 Å². The maximum absolute atomic E-state index is 5.82. The first kappa shape index (κ1) is 16.2. The van der Waals surface area contributed by atoms with Gasteiger partial charge in [-0.25, -0.2) is 0 Å². The van der Waals surface area contributed by atoms with E-state index in [-0.39, 0.29) is 0 Å². The first-order chi connectivity index (χ1) is 10.1. The van der Waals surface area contributed by atoms with Crippen LogP contribution in [0.2, 0.25) is 0 Å². The molecule has 0 bridgehead atoms. The summed E-state index contributed by atoms with van der Waals surface area (Å²) in [5.74, 6) is 0.849. The van der Waals surface area contributed by atoms with Gasteiger partial charge in [-0.05, 0) is 44.7 Å². The van der Waals surface area contributed by atoms with Crippen molar-refractivity contribution in [3.63, 3.8) is 0 Å². The molecule has 1 heterocycles. The number of thiocarbonyl (C=S) groups is 1. The van der Waals surface area contributed by atoms with Crippen LogP contribution in [0.5, 0.6) is 5.75 Å². The van der Waals surface area contributed by atoms with Crippen LogP contribution in [0.3, 0.4) is 0 Å². The van der Waals surface area contributed by atoms with Crippen LogP contribution in [0.15, 0.2) is 24.3 Å². The summed E-state index contributed by atoms with van der Waals surface area (Å²) in [5.41, 5.74) is 6.50. The van der Waals surface area contributed by atoms with Crippen molar-refractivity contribution in [2.24, 2.45) is 5.73 Å². The Kier molecular flexibility index (Phi) is 6.00. The highest BCUT2D eigenvalue weighted by atomic mass is 32.1. The summed E-state index contributed by atoms with van der Waals surface area (Å²) in [4.78, 5) is 3.05. The molecule has 3 nitrogen and oxygen atoms in total. The van der Waals surface area contributed by atoms with E-state index < -0.39 is 0 Å². The maximum atomic E-state index is 5.82. The highest BCUT2D eigenvalue weighted by Gasteiger charge is 2.28. The molecule has 0 saturated carbocycles. The predicted octanol–water partition coefficient (Wildman–Crippen LogP) is 3.35. The number of hydrogen-bond acceptors (Lipinski definition) is 3. The van der Waals surface area contributed by atoms with Gasteiger partial charge in [0.1, 0.15) is 10.7 Å². The summed E-state index contributed by atoms with van der Waals surface area (Å²) in [6, 6.07) is 9.18. The van der Waals surface area contributed by atoms with E-state index in [1.807, 2.05) is 24.3 Å². The van der Waals surface area contributed by atoms with Gasteiger partial charge in [-0.1, -0.05) is 31.3 Å². The topological polar surface area (TPSA) is 38.5 Å². The minimum absolute atomic E-state index is 0.414. The Hall–Kier alpha value is -1.13. The van der Waals surface area contributed by atoms with Crippen molar-refractivity contribution in [2.45, 2.75) is 51.6 Å². The van der Waals surface area contributed by atoms with Crippen LogP contribution in [0.4, 0.5) is 0 Å². The normalized spacial score (nSPS) is 22.4. The van der Waals surface area contributed by atoms with E-state index in [4.69, 9.17) is 22.7 Å². The quantitative estimate of drug-likeness (QED) is 0.619. The Balaban J connectivity index is 1.77. The van der Waals surface area contributed by atoms with E-state index >= 15 is 0 Å². The number of rotatable bonds is 7. The summed E-state index contributed by atoms with van der Waals surface area (Å²) in [7, 11) is 0. The van der Waals surface area contributed by atoms with E-state index in [1.54, 1.807) is 0 Å². The van der Waals surface area contributed by atoms with E-state index in [2.05, 4.69) is 18.7 Å². The van der Waals surface area contributed by atoms with Gasteiger partial charge >= 0.3 is 0 Å². The lowest BCUT2D eigenvalue weighted by Crippen LogP contribution is -2.35. The molecule has 1 fully saturated rings. The van der Waals surface area contributed by atoms with Crippen LogP contribution in [0, 0.1) is 0 Å². The molecular weight excluding hydrogens is 280 g/mol. The van der Waals surface area contributed by atoms with Gasteiger partial charge in [-0.2, -0.15) is 0 Å². The van der Waals surface area contributed by atoms with Crippen LogP contribution in [-0.4, -0.2) is 35.1 Å². The van der Waals surface area contributed by atoms with E-state index in [0.717, 1.165) is 36.9 Å². The Morgan fingerprint density at radius 1 is 1.43 bits per heavy atom. The second-order valence-corrected chi connectivity index (χ2v) is 6.26. The molecule has 1 aliphatic heterocycles. The molecule has 4 heteroatoms. The second-order valence-electron chi connectivity index (χ2n) is 5.82. The van der Waals surface area contributed by atoms with Crippen molar-refractivity contribution >= 4 is 17.2 Å². The van der Waals surface area contributed by atoms with Crippen molar-refractivity contribution in [3.05, 3.63) is 29.8 Å². The van der Waals surface area contributed by atoms with Crippen molar-refractivity contribution in [1.29, 1.82) is 0 Å². The molecule has 1 aliphatic rings. The minimum Gasteiger partial charge on any atom is -0.494 e. The average molecular weight is 306 g/mol. The molecule has 0 amide bonds. The third-order valence-electron chi connectivity index (χ3n) is 4.37. The summed E-state index contributed by atoms with van der Waals surface area (Å²) >= 11 is 4.98. The number of nitrogens with zero attached hydrogens (tertiary/aromatic N) is 1. The summed E-state index contributed by atoms with van der Waals surface area (Å²) in [6.45, 7) is 6.48. The Bertz CT molecular complexity index is 478. The number of ether oxygens (including phenoxy) is 1. The first-order valence-corrected chi connectivity index (χ1v) is 8.31. The molecule has 1 aromatic carbocycles. The molecule has 21 heavy (non-hydrogen) atoms. The van der Waals surface area contributed by atoms with Crippen molar-refractivity contribution in [1.82, 2.24) is 4.90 Å². The lowest BCUT2D eigenvalue weighted by molar-refractivity contribution is 0.179. The zero-order chi connectivity index (χ0) is 15.2. The molecule has 2 rings (SSSR count). The monoisotopic (exact) mass is 306 g/mol. The highest BCUT2D eigenvalue weighted by molar-refractivity contribution is 7.80. The van der Waals surface area contributed by atoms with E-state index in [9.17, 15) is 0 Å². The Morgan fingerprint density at radius 3 is 2.95 bits per heavy atom. The van der Waals surface area contributed by atoms with Crippen LogP contribution in [0.25, 0.3) is 0 Å². The largest absolute Gasteiger partial charge is 0.494 e. The summed E-state index contributed by atoms with van der Waals surface area (Å²) in [6.07, 6.45) is 4.98. The first-order valence-electron chi connectivity index (χ1n) is 7.90. The van der Waals surface area contributed by atoms with Crippen LogP contribution >= 0.6 is 12.2 Å². The molecule has 2 unspecified atom stereocenters. The van der Waals surface area contributed by atoms with Gasteiger partial charge in [0, 0.05) is 24.2 Å². The lowest BCUT2D eigenvalue weighted by Gasteiger charge is -2.27. The molecule has 1 aromatic rings. The van der Waals surface area contributed by atoms with Gasteiger partial charge in [0.25, 0.3) is 0 Å². The number of benzene rings is 1. The van der Waals surface area contributed by atoms with Crippen LogP contribution in [-0.2, 0) is 0 Å². The summed E-state index contributed by atoms with van der Waals surface area (Å²) < 4.78 is 5.82. The van der Waals surface area contributed by atoms with Crippen molar-refractivity contribution < 1.29 is 4.74 Å².